The van der Waals surface area contributed by atoms with Crippen molar-refractivity contribution in [1.29, 1.82) is 0 Å². The zero-order valence-electron chi connectivity index (χ0n) is 12.4. The van der Waals surface area contributed by atoms with E-state index >= 15 is 0 Å². The number of thioether (sulfide) groups is 1. The summed E-state index contributed by atoms with van der Waals surface area (Å²) in [5, 5.41) is 6.09. The first-order chi connectivity index (χ1) is 10.1. The average Bonchev–Trinajstić information content (AvgIpc) is 2.48. The Balaban J connectivity index is 1.96. The van der Waals surface area contributed by atoms with Crippen LogP contribution < -0.4 is 15.5 Å². The molecule has 1 atom stereocenters. The summed E-state index contributed by atoms with van der Waals surface area (Å²) in [7, 11) is 0. The minimum atomic E-state index is -0.130. The molecule has 0 spiro atoms. The molecule has 0 saturated carbocycles. The second kappa shape index (κ2) is 7.47. The van der Waals surface area contributed by atoms with Crippen LogP contribution in [0.25, 0.3) is 0 Å². The van der Waals surface area contributed by atoms with Gasteiger partial charge in [0.15, 0.2) is 0 Å². The van der Waals surface area contributed by atoms with Crippen molar-refractivity contribution >= 4 is 29.3 Å². The minimum absolute atomic E-state index is 0.0198. The van der Waals surface area contributed by atoms with Crippen molar-refractivity contribution in [3.8, 4) is 0 Å². The van der Waals surface area contributed by atoms with Gasteiger partial charge in [-0.15, -0.1) is 11.8 Å². The van der Waals surface area contributed by atoms with E-state index in [4.69, 9.17) is 0 Å². The van der Waals surface area contributed by atoms with Crippen molar-refractivity contribution in [2.24, 2.45) is 0 Å². The van der Waals surface area contributed by atoms with E-state index < -0.39 is 0 Å². The summed E-state index contributed by atoms with van der Waals surface area (Å²) in [6.45, 7) is 5.55. The molecule has 1 aromatic rings. The summed E-state index contributed by atoms with van der Waals surface area (Å²) >= 11 is 1.52. The molecular formula is C15H21N3O2S. The predicted octanol–water partition coefficient (Wildman–Crippen LogP) is 1.24. The van der Waals surface area contributed by atoms with Crippen molar-refractivity contribution in [1.82, 2.24) is 10.6 Å². The van der Waals surface area contributed by atoms with Gasteiger partial charge in [0.25, 0.3) is 0 Å². The van der Waals surface area contributed by atoms with Gasteiger partial charge < -0.3 is 15.5 Å². The summed E-state index contributed by atoms with van der Waals surface area (Å²) in [4.78, 5) is 26.7. The van der Waals surface area contributed by atoms with Crippen LogP contribution in [0.1, 0.15) is 13.8 Å². The largest absolute Gasteiger partial charge is 0.353 e. The van der Waals surface area contributed by atoms with Gasteiger partial charge in [-0.1, -0.05) is 19.1 Å². The molecule has 1 heterocycles. The molecule has 1 aromatic carbocycles. The van der Waals surface area contributed by atoms with E-state index in [1.54, 1.807) is 4.90 Å². The highest BCUT2D eigenvalue weighted by molar-refractivity contribution is 8.00. The quantitative estimate of drug-likeness (QED) is 0.830. The van der Waals surface area contributed by atoms with Crippen molar-refractivity contribution in [3.05, 3.63) is 24.3 Å². The lowest BCUT2D eigenvalue weighted by atomic mass is 10.2. The van der Waals surface area contributed by atoms with Crippen molar-refractivity contribution in [2.45, 2.75) is 24.8 Å². The number of nitrogens with zero attached hydrogens (tertiary/aromatic N) is 1. The van der Waals surface area contributed by atoms with Crippen LogP contribution in [0.4, 0.5) is 5.69 Å². The van der Waals surface area contributed by atoms with E-state index in [-0.39, 0.29) is 24.4 Å². The molecule has 0 unspecified atom stereocenters. The Kier molecular flexibility index (Phi) is 5.64. The average molecular weight is 307 g/mol. The number of anilines is 1. The first kappa shape index (κ1) is 15.9. The maximum Gasteiger partial charge on any atom is 0.240 e. The summed E-state index contributed by atoms with van der Waals surface area (Å²) in [5.41, 5.74) is 0.827. The highest BCUT2D eigenvalue weighted by Crippen LogP contribution is 2.34. The smallest absolute Gasteiger partial charge is 0.240 e. The van der Waals surface area contributed by atoms with Crippen molar-refractivity contribution in [3.63, 3.8) is 0 Å². The van der Waals surface area contributed by atoms with Crippen LogP contribution in [0.3, 0.4) is 0 Å². The third-order valence-corrected chi connectivity index (χ3v) is 4.32. The molecule has 0 bridgehead atoms. The molecule has 2 N–H and O–H groups in total. The van der Waals surface area contributed by atoms with Gasteiger partial charge in [0.2, 0.25) is 11.8 Å². The van der Waals surface area contributed by atoms with Gasteiger partial charge in [-0.3, -0.25) is 9.59 Å². The number of carbonyl (C=O) groups excluding carboxylic acids is 2. The molecule has 0 saturated heterocycles. The number of hydrogen-bond donors (Lipinski definition) is 2. The van der Waals surface area contributed by atoms with E-state index in [2.05, 4.69) is 10.6 Å². The fraction of sp³-hybridized carbons (Fsp3) is 0.467. The number of carbonyl (C=O) groups is 2. The maximum atomic E-state index is 12.0. The predicted molar refractivity (Wildman–Crippen MR) is 85.7 cm³/mol. The summed E-state index contributed by atoms with van der Waals surface area (Å²) in [6.07, 6.45) is 0. The molecule has 21 heavy (non-hydrogen) atoms. The molecule has 1 aliphatic heterocycles. The molecule has 2 amide bonds. The highest BCUT2D eigenvalue weighted by Gasteiger charge is 2.26. The molecule has 6 heteroatoms. The van der Waals surface area contributed by atoms with Crippen LogP contribution in [0, 0.1) is 0 Å². The van der Waals surface area contributed by atoms with Crippen molar-refractivity contribution < 1.29 is 9.59 Å². The number of nitrogens with one attached hydrogen (secondary N) is 2. The highest BCUT2D eigenvalue weighted by atomic mass is 32.2. The monoisotopic (exact) mass is 307 g/mol. The lowest BCUT2D eigenvalue weighted by Crippen LogP contribution is -2.46. The fourth-order valence-electron chi connectivity index (χ4n) is 2.21. The molecule has 2 rings (SSSR count). The number of likely N-dealkylation sites (N-methyl/N-ethyl adjacent to an activating group) is 1. The van der Waals surface area contributed by atoms with Gasteiger partial charge >= 0.3 is 0 Å². The normalized spacial score (nSPS) is 15.5. The molecule has 5 nitrogen and oxygen atoms in total. The Morgan fingerprint density at radius 3 is 2.95 bits per heavy atom. The Bertz CT molecular complexity index is 521. The zero-order chi connectivity index (χ0) is 15.2. The Hall–Kier alpha value is -1.53. The summed E-state index contributed by atoms with van der Waals surface area (Å²) in [5.74, 6) is 0.237. The molecule has 0 aliphatic carbocycles. The van der Waals surface area contributed by atoms with Crippen LogP contribution in [0.15, 0.2) is 29.2 Å². The minimum Gasteiger partial charge on any atom is -0.353 e. The summed E-state index contributed by atoms with van der Waals surface area (Å²) < 4.78 is 0. The second-order valence-electron chi connectivity index (χ2n) is 5.00. The summed E-state index contributed by atoms with van der Waals surface area (Å²) in [6, 6.07) is 7.91. The number of rotatable bonds is 6. The topological polar surface area (TPSA) is 61.4 Å². The van der Waals surface area contributed by atoms with E-state index in [9.17, 15) is 9.59 Å². The molecule has 0 radical (unpaired) electrons. The van der Waals surface area contributed by atoms with Gasteiger partial charge in [0, 0.05) is 17.5 Å². The van der Waals surface area contributed by atoms with Gasteiger partial charge in [-0.25, -0.2) is 0 Å². The van der Waals surface area contributed by atoms with Crippen LogP contribution in [-0.2, 0) is 9.59 Å². The number of fused-ring (bicyclic) bond motifs is 1. The Morgan fingerprint density at radius 1 is 1.43 bits per heavy atom. The maximum absolute atomic E-state index is 12.0. The molecule has 0 aromatic heterocycles. The van der Waals surface area contributed by atoms with E-state index in [0.717, 1.165) is 17.1 Å². The second-order valence-corrected chi connectivity index (χ2v) is 6.02. The van der Waals surface area contributed by atoms with Gasteiger partial charge in [-0.2, -0.15) is 0 Å². The van der Waals surface area contributed by atoms with Crippen LogP contribution in [0.5, 0.6) is 0 Å². The zero-order valence-corrected chi connectivity index (χ0v) is 13.2. The van der Waals surface area contributed by atoms with E-state index in [0.29, 0.717) is 12.3 Å². The molecular weight excluding hydrogens is 286 g/mol. The van der Waals surface area contributed by atoms with Gasteiger partial charge in [0.05, 0.1) is 11.4 Å². The lowest BCUT2D eigenvalue weighted by Gasteiger charge is -2.28. The van der Waals surface area contributed by atoms with Crippen LogP contribution in [-0.4, -0.2) is 43.2 Å². The number of amides is 2. The number of hydrogen-bond acceptors (Lipinski definition) is 4. The van der Waals surface area contributed by atoms with E-state index in [1.807, 2.05) is 38.1 Å². The van der Waals surface area contributed by atoms with Crippen molar-refractivity contribution in [2.75, 3.05) is 30.3 Å². The first-order valence-electron chi connectivity index (χ1n) is 7.14. The van der Waals surface area contributed by atoms with Crippen LogP contribution >= 0.6 is 11.8 Å². The van der Waals surface area contributed by atoms with Gasteiger partial charge in [-0.05, 0) is 25.6 Å². The molecule has 1 aliphatic rings. The third kappa shape index (κ3) is 4.22. The number of para-hydroxylation sites is 1. The van der Waals surface area contributed by atoms with Gasteiger partial charge in [0.1, 0.15) is 6.54 Å². The number of benzene rings is 1. The molecule has 114 valence electrons. The van der Waals surface area contributed by atoms with E-state index in [1.165, 1.54) is 11.8 Å². The lowest BCUT2D eigenvalue weighted by molar-refractivity contribution is -0.123. The fourth-order valence-corrected chi connectivity index (χ4v) is 3.15. The third-order valence-electron chi connectivity index (χ3n) is 3.27. The molecule has 0 fully saturated rings. The first-order valence-corrected chi connectivity index (χ1v) is 8.12. The van der Waals surface area contributed by atoms with Crippen LogP contribution in [0.2, 0.25) is 0 Å². The standard InChI is InChI=1S/C15H21N3O2S/c1-3-16-11(2)8-17-14(19)9-18-12-6-4-5-7-13(12)21-10-15(18)20/h4-7,11,16H,3,8-10H2,1-2H3,(H,17,19)/t11-/m1/s1. The Morgan fingerprint density at radius 2 is 2.19 bits per heavy atom. The Labute approximate surface area is 129 Å². The SMILES string of the molecule is CCN[C@H](C)CNC(=O)CN1C(=O)CSc2ccccc21.